The summed E-state index contributed by atoms with van der Waals surface area (Å²) in [5, 5.41) is 3.57. The van der Waals surface area contributed by atoms with Gasteiger partial charge in [0, 0.05) is 16.8 Å². The lowest BCUT2D eigenvalue weighted by Gasteiger charge is -2.32. The van der Waals surface area contributed by atoms with E-state index in [-0.39, 0.29) is 23.7 Å². The average molecular weight is 411 g/mol. The van der Waals surface area contributed by atoms with Crippen molar-refractivity contribution in [1.29, 1.82) is 0 Å². The van der Waals surface area contributed by atoms with Gasteiger partial charge in [-0.05, 0) is 79.7 Å². The van der Waals surface area contributed by atoms with Crippen LogP contribution >= 0.6 is 0 Å². The van der Waals surface area contributed by atoms with Crippen molar-refractivity contribution >= 4 is 24.0 Å². The Labute approximate surface area is 185 Å². The van der Waals surface area contributed by atoms with E-state index in [4.69, 9.17) is 9.31 Å². The Bertz CT molecular complexity index is 1130. The van der Waals surface area contributed by atoms with E-state index in [1.165, 1.54) is 22.3 Å². The first-order chi connectivity index (χ1) is 14.6. The maximum Gasteiger partial charge on any atom is 0.494 e. The van der Waals surface area contributed by atoms with E-state index in [0.717, 1.165) is 16.8 Å². The topological polar surface area (TPSA) is 30.5 Å². The fourth-order valence-corrected chi connectivity index (χ4v) is 4.65. The minimum Gasteiger partial charge on any atom is -0.399 e. The number of hydrogen-bond acceptors (Lipinski definition) is 3. The number of benzene rings is 3. The van der Waals surface area contributed by atoms with Crippen molar-refractivity contribution in [3.05, 3.63) is 77.9 Å². The van der Waals surface area contributed by atoms with Gasteiger partial charge >= 0.3 is 7.12 Å². The summed E-state index contributed by atoms with van der Waals surface area (Å²) < 4.78 is 12.3. The van der Waals surface area contributed by atoms with Crippen LogP contribution in [0.2, 0.25) is 0 Å². The van der Waals surface area contributed by atoms with Crippen LogP contribution in [0.1, 0.15) is 52.7 Å². The minimum absolute atomic E-state index is 0.00420. The number of nitrogens with one attached hydrogen (secondary N) is 1. The zero-order valence-electron chi connectivity index (χ0n) is 19.2. The third kappa shape index (κ3) is 3.21. The third-order valence-electron chi connectivity index (χ3n) is 7.31. The molecule has 0 bridgehead atoms. The van der Waals surface area contributed by atoms with Gasteiger partial charge in [0.2, 0.25) is 0 Å². The molecule has 5 rings (SSSR count). The van der Waals surface area contributed by atoms with Gasteiger partial charge in [-0.3, -0.25) is 0 Å². The van der Waals surface area contributed by atoms with Crippen molar-refractivity contribution in [3.63, 3.8) is 0 Å². The van der Waals surface area contributed by atoms with Crippen molar-refractivity contribution in [2.24, 2.45) is 0 Å². The van der Waals surface area contributed by atoms with E-state index in [0.29, 0.717) is 0 Å². The Kier molecular flexibility index (Phi) is 4.41. The smallest absolute Gasteiger partial charge is 0.399 e. The van der Waals surface area contributed by atoms with E-state index >= 15 is 0 Å². The predicted octanol–water partition coefficient (Wildman–Crippen LogP) is 6.04. The molecule has 31 heavy (non-hydrogen) atoms. The molecule has 4 heteroatoms. The lowest BCUT2D eigenvalue weighted by atomic mass is 9.79. The van der Waals surface area contributed by atoms with Crippen molar-refractivity contribution in [2.45, 2.75) is 58.2 Å². The summed E-state index contributed by atoms with van der Waals surface area (Å²) in [7, 11) is -0.335. The van der Waals surface area contributed by atoms with Gasteiger partial charge in [0.15, 0.2) is 0 Å². The predicted molar refractivity (Wildman–Crippen MR) is 129 cm³/mol. The summed E-state index contributed by atoms with van der Waals surface area (Å²) in [5.74, 6) is 0. The summed E-state index contributed by atoms with van der Waals surface area (Å²) in [5.41, 5.74) is 7.98. The minimum atomic E-state index is -0.335. The Morgan fingerprint density at radius 2 is 1.23 bits per heavy atom. The molecular weight excluding hydrogens is 381 g/mol. The monoisotopic (exact) mass is 411 g/mol. The molecule has 0 saturated carbocycles. The van der Waals surface area contributed by atoms with Crippen LogP contribution in [0.3, 0.4) is 0 Å². The highest BCUT2D eigenvalue weighted by molar-refractivity contribution is 6.62. The highest BCUT2D eigenvalue weighted by Gasteiger charge is 2.51. The molecule has 1 saturated heterocycles. The van der Waals surface area contributed by atoms with Crippen molar-refractivity contribution in [2.75, 3.05) is 5.32 Å². The van der Waals surface area contributed by atoms with Crippen LogP contribution in [0.25, 0.3) is 11.1 Å². The zero-order chi connectivity index (χ0) is 22.0. The number of hydrogen-bond donors (Lipinski definition) is 1. The van der Waals surface area contributed by atoms with Crippen LogP contribution in [-0.2, 0) is 14.7 Å². The van der Waals surface area contributed by atoms with E-state index < -0.39 is 0 Å². The molecule has 0 spiro atoms. The van der Waals surface area contributed by atoms with Crippen molar-refractivity contribution < 1.29 is 9.31 Å². The maximum atomic E-state index is 6.17. The molecule has 2 aliphatic rings. The summed E-state index contributed by atoms with van der Waals surface area (Å²) in [6.45, 7) is 12.9. The summed E-state index contributed by atoms with van der Waals surface area (Å²) in [6, 6.07) is 23.8. The quantitative estimate of drug-likeness (QED) is 0.534. The molecular formula is C27H30BNO2. The van der Waals surface area contributed by atoms with Gasteiger partial charge in [0.25, 0.3) is 0 Å². The number of rotatable bonds is 3. The first-order valence-electron chi connectivity index (χ1n) is 11.1. The van der Waals surface area contributed by atoms with Crippen molar-refractivity contribution in [1.82, 2.24) is 0 Å². The van der Waals surface area contributed by atoms with Crippen molar-refractivity contribution in [3.8, 4) is 11.1 Å². The highest BCUT2D eigenvalue weighted by atomic mass is 16.7. The molecule has 1 aliphatic heterocycles. The fraction of sp³-hybridized carbons (Fsp3) is 0.333. The Morgan fingerprint density at radius 3 is 1.90 bits per heavy atom. The van der Waals surface area contributed by atoms with Crippen LogP contribution in [0.5, 0.6) is 0 Å². The molecule has 0 atom stereocenters. The largest absolute Gasteiger partial charge is 0.494 e. The molecule has 158 valence electrons. The third-order valence-corrected chi connectivity index (χ3v) is 7.31. The number of anilines is 2. The lowest BCUT2D eigenvalue weighted by Crippen LogP contribution is -2.41. The van der Waals surface area contributed by atoms with Crippen LogP contribution in [0.15, 0.2) is 66.7 Å². The van der Waals surface area contributed by atoms with Crippen LogP contribution < -0.4 is 10.8 Å². The van der Waals surface area contributed by atoms with Crippen LogP contribution in [-0.4, -0.2) is 18.3 Å². The van der Waals surface area contributed by atoms with E-state index in [9.17, 15) is 0 Å². The molecule has 3 nitrogen and oxygen atoms in total. The molecule has 0 unspecified atom stereocenters. The first kappa shape index (κ1) is 20.4. The van der Waals surface area contributed by atoms with Gasteiger partial charge in [0.05, 0.1) is 11.2 Å². The van der Waals surface area contributed by atoms with Gasteiger partial charge < -0.3 is 14.6 Å². The molecule has 0 amide bonds. The summed E-state index contributed by atoms with van der Waals surface area (Å²) in [4.78, 5) is 0. The second kappa shape index (κ2) is 6.72. The van der Waals surface area contributed by atoms with Crippen LogP contribution in [0, 0.1) is 0 Å². The standard InChI is InChI=1S/C27H30BNO2/c1-25(2)23-10-8-7-9-21(23)22-16-15-20(17-24(22)25)29-19-13-11-18(12-14-19)28-30-26(3,4)27(5,6)31-28/h7-17,29H,1-6H3. The Hall–Kier alpha value is -2.56. The SMILES string of the molecule is CC1(C)c2ccccc2-c2ccc(Nc3ccc(B4OC(C)(C)C(C)(C)O4)cc3)cc21. The van der Waals surface area contributed by atoms with E-state index in [2.05, 4.69) is 114 Å². The zero-order valence-corrected chi connectivity index (χ0v) is 19.2. The van der Waals surface area contributed by atoms with E-state index in [1.54, 1.807) is 0 Å². The molecule has 3 aromatic carbocycles. The Morgan fingerprint density at radius 1 is 0.645 bits per heavy atom. The normalized spacial score (nSPS) is 19.7. The molecule has 1 aliphatic carbocycles. The molecule has 0 radical (unpaired) electrons. The van der Waals surface area contributed by atoms with Gasteiger partial charge in [-0.15, -0.1) is 0 Å². The summed E-state index contributed by atoms with van der Waals surface area (Å²) in [6.07, 6.45) is 0. The lowest BCUT2D eigenvalue weighted by molar-refractivity contribution is 0.00578. The Balaban J connectivity index is 1.37. The number of fused-ring (bicyclic) bond motifs is 3. The molecule has 0 aromatic heterocycles. The van der Waals surface area contributed by atoms with Gasteiger partial charge in [0.1, 0.15) is 0 Å². The molecule has 1 fully saturated rings. The van der Waals surface area contributed by atoms with Crippen LogP contribution in [0.4, 0.5) is 11.4 Å². The summed E-state index contributed by atoms with van der Waals surface area (Å²) >= 11 is 0. The second-order valence-electron chi connectivity index (χ2n) is 10.3. The van der Waals surface area contributed by atoms with Gasteiger partial charge in [-0.25, -0.2) is 0 Å². The van der Waals surface area contributed by atoms with E-state index in [1.807, 2.05) is 0 Å². The first-order valence-corrected chi connectivity index (χ1v) is 11.1. The average Bonchev–Trinajstić information content (AvgIpc) is 3.09. The highest BCUT2D eigenvalue weighted by Crippen LogP contribution is 2.49. The second-order valence-corrected chi connectivity index (χ2v) is 10.3. The van der Waals surface area contributed by atoms with Gasteiger partial charge in [-0.1, -0.05) is 56.3 Å². The van der Waals surface area contributed by atoms with Gasteiger partial charge in [-0.2, -0.15) is 0 Å². The molecule has 1 N–H and O–H groups in total. The fourth-order valence-electron chi connectivity index (χ4n) is 4.65. The maximum absolute atomic E-state index is 6.17. The molecule has 1 heterocycles. The molecule has 3 aromatic rings.